The first-order chi connectivity index (χ1) is 10.6. The molecule has 1 saturated carbocycles. The summed E-state index contributed by atoms with van der Waals surface area (Å²) in [6.45, 7) is 2.28. The topological polar surface area (TPSA) is 46.2 Å². The smallest absolute Gasteiger partial charge is 0.185 e. The molecule has 1 N–H and O–H groups in total. The third-order valence-corrected chi connectivity index (χ3v) is 5.30. The molecule has 1 fully saturated rings. The Morgan fingerprint density at radius 2 is 2.14 bits per heavy atom. The molecule has 1 atom stereocenters. The highest BCUT2D eigenvalue weighted by atomic mass is 35.5. The maximum Gasteiger partial charge on any atom is 0.185 e. The SMILES string of the molecule is CC(=O)SCCCNC1(c2ccccc2Cl)CCCCC1=O. The van der Waals surface area contributed by atoms with Gasteiger partial charge in [0.1, 0.15) is 5.54 Å². The standard InChI is InChI=1S/C17H22ClNO2S/c1-13(20)22-12-6-11-19-17(10-5-4-9-16(17)21)14-7-2-3-8-15(14)18/h2-3,7-8,19H,4-6,9-12H2,1H3. The van der Waals surface area contributed by atoms with Crippen LogP contribution in [0.25, 0.3) is 0 Å². The number of halogens is 1. The molecule has 3 nitrogen and oxygen atoms in total. The molecule has 1 aromatic carbocycles. The zero-order valence-corrected chi connectivity index (χ0v) is 14.4. The Hall–Kier alpha value is -0.840. The summed E-state index contributed by atoms with van der Waals surface area (Å²) in [6.07, 6.45) is 4.21. The summed E-state index contributed by atoms with van der Waals surface area (Å²) >= 11 is 7.68. The van der Waals surface area contributed by atoms with Crippen LogP contribution in [0.1, 0.15) is 44.6 Å². The van der Waals surface area contributed by atoms with E-state index in [4.69, 9.17) is 11.6 Å². The van der Waals surface area contributed by atoms with Crippen molar-refractivity contribution in [3.05, 3.63) is 34.9 Å². The van der Waals surface area contributed by atoms with Gasteiger partial charge >= 0.3 is 0 Å². The second-order valence-corrected chi connectivity index (χ2v) is 7.31. The Labute approximate surface area is 141 Å². The monoisotopic (exact) mass is 339 g/mol. The van der Waals surface area contributed by atoms with Crippen molar-refractivity contribution in [1.82, 2.24) is 5.32 Å². The first-order valence-electron chi connectivity index (χ1n) is 7.73. The predicted molar refractivity (Wildman–Crippen MR) is 92.4 cm³/mol. The number of hydrogen-bond donors (Lipinski definition) is 1. The van der Waals surface area contributed by atoms with E-state index in [2.05, 4.69) is 5.32 Å². The van der Waals surface area contributed by atoms with Crippen LogP contribution < -0.4 is 5.32 Å². The Morgan fingerprint density at radius 3 is 2.82 bits per heavy atom. The van der Waals surface area contributed by atoms with Gasteiger partial charge in [0.15, 0.2) is 10.9 Å². The molecular weight excluding hydrogens is 318 g/mol. The molecule has 0 bridgehead atoms. The van der Waals surface area contributed by atoms with Crippen LogP contribution in [0, 0.1) is 0 Å². The van der Waals surface area contributed by atoms with E-state index in [1.165, 1.54) is 11.8 Å². The number of nitrogens with one attached hydrogen (secondary N) is 1. The van der Waals surface area contributed by atoms with Crippen molar-refractivity contribution in [1.29, 1.82) is 0 Å². The highest BCUT2D eigenvalue weighted by molar-refractivity contribution is 8.13. The van der Waals surface area contributed by atoms with E-state index in [-0.39, 0.29) is 10.9 Å². The first kappa shape index (κ1) is 17.5. The van der Waals surface area contributed by atoms with Gasteiger partial charge in [-0.2, -0.15) is 0 Å². The molecule has 0 amide bonds. The lowest BCUT2D eigenvalue weighted by atomic mass is 9.75. The third kappa shape index (κ3) is 4.12. The van der Waals surface area contributed by atoms with Gasteiger partial charge in [0.25, 0.3) is 0 Å². The molecule has 0 radical (unpaired) electrons. The maximum absolute atomic E-state index is 12.7. The molecule has 1 aromatic rings. The van der Waals surface area contributed by atoms with E-state index in [0.717, 1.165) is 37.0 Å². The average Bonchev–Trinajstić information content (AvgIpc) is 2.49. The fourth-order valence-corrected chi connectivity index (χ4v) is 3.87. The molecule has 120 valence electrons. The molecule has 5 heteroatoms. The van der Waals surface area contributed by atoms with Gasteiger partial charge in [0, 0.05) is 24.1 Å². The fourth-order valence-electron chi connectivity index (χ4n) is 2.99. The quantitative estimate of drug-likeness (QED) is 0.797. The van der Waals surface area contributed by atoms with Crippen LogP contribution in [-0.4, -0.2) is 23.2 Å². The van der Waals surface area contributed by atoms with Crippen LogP contribution in [0.2, 0.25) is 5.02 Å². The summed E-state index contributed by atoms with van der Waals surface area (Å²) in [5.74, 6) is 1.00. The van der Waals surface area contributed by atoms with Gasteiger partial charge in [-0.15, -0.1) is 0 Å². The van der Waals surface area contributed by atoms with Crippen molar-refractivity contribution in [2.75, 3.05) is 12.3 Å². The van der Waals surface area contributed by atoms with E-state index in [1.807, 2.05) is 24.3 Å². The van der Waals surface area contributed by atoms with Crippen LogP contribution in [0.15, 0.2) is 24.3 Å². The Bertz CT molecular complexity index is 549. The second kappa shape index (κ2) is 8.14. The Balaban J connectivity index is 2.11. The lowest BCUT2D eigenvalue weighted by molar-refractivity contribution is -0.128. The largest absolute Gasteiger partial charge is 0.301 e. The van der Waals surface area contributed by atoms with Crippen LogP contribution >= 0.6 is 23.4 Å². The minimum Gasteiger partial charge on any atom is -0.301 e. The number of thioether (sulfide) groups is 1. The van der Waals surface area contributed by atoms with Gasteiger partial charge in [-0.1, -0.05) is 48.0 Å². The summed E-state index contributed by atoms with van der Waals surface area (Å²) in [4.78, 5) is 23.6. The number of carbonyl (C=O) groups is 2. The molecule has 0 heterocycles. The van der Waals surface area contributed by atoms with E-state index >= 15 is 0 Å². The second-order valence-electron chi connectivity index (χ2n) is 5.64. The average molecular weight is 340 g/mol. The Morgan fingerprint density at radius 1 is 1.36 bits per heavy atom. The summed E-state index contributed by atoms with van der Waals surface area (Å²) in [5, 5.41) is 4.23. The van der Waals surface area contributed by atoms with E-state index in [1.54, 1.807) is 6.92 Å². The molecule has 0 aromatic heterocycles. The van der Waals surface area contributed by atoms with Gasteiger partial charge < -0.3 is 5.32 Å². The zero-order valence-electron chi connectivity index (χ0n) is 12.9. The number of ketones is 1. The van der Waals surface area contributed by atoms with Crippen molar-refractivity contribution < 1.29 is 9.59 Å². The van der Waals surface area contributed by atoms with Crippen molar-refractivity contribution in [2.45, 2.75) is 44.6 Å². The lowest BCUT2D eigenvalue weighted by Crippen LogP contribution is -2.51. The predicted octanol–water partition coefficient (Wildman–Crippen LogP) is 3.94. The first-order valence-corrected chi connectivity index (χ1v) is 9.09. The number of hydrogen-bond acceptors (Lipinski definition) is 4. The van der Waals surface area contributed by atoms with Gasteiger partial charge in [0.2, 0.25) is 0 Å². The number of benzene rings is 1. The normalized spacial score (nSPS) is 21.8. The molecule has 2 rings (SSSR count). The van der Waals surface area contributed by atoms with Crippen LogP contribution in [0.3, 0.4) is 0 Å². The van der Waals surface area contributed by atoms with E-state index in [9.17, 15) is 9.59 Å². The van der Waals surface area contributed by atoms with E-state index < -0.39 is 5.54 Å². The minimum absolute atomic E-state index is 0.134. The maximum atomic E-state index is 12.7. The Kier molecular flexibility index (Phi) is 6.48. The fraction of sp³-hybridized carbons (Fsp3) is 0.529. The zero-order chi connectivity index (χ0) is 16.0. The number of carbonyl (C=O) groups excluding carboxylic acids is 2. The van der Waals surface area contributed by atoms with Gasteiger partial charge in [0.05, 0.1) is 0 Å². The molecule has 1 aliphatic carbocycles. The molecule has 0 aliphatic heterocycles. The highest BCUT2D eigenvalue weighted by Crippen LogP contribution is 2.37. The summed E-state index contributed by atoms with van der Waals surface area (Å²) < 4.78 is 0. The van der Waals surface area contributed by atoms with Gasteiger partial charge in [-0.25, -0.2) is 0 Å². The third-order valence-electron chi connectivity index (χ3n) is 4.07. The number of rotatable bonds is 6. The molecular formula is C17H22ClNO2S. The molecule has 0 saturated heterocycles. The minimum atomic E-state index is -0.655. The van der Waals surface area contributed by atoms with Gasteiger partial charge in [-0.05, 0) is 37.4 Å². The van der Waals surface area contributed by atoms with Gasteiger partial charge in [-0.3, -0.25) is 9.59 Å². The van der Waals surface area contributed by atoms with Crippen LogP contribution in [-0.2, 0) is 15.1 Å². The molecule has 1 unspecified atom stereocenters. The number of Topliss-reactive ketones (excluding diaryl/α,β-unsaturated/α-hetero) is 1. The van der Waals surface area contributed by atoms with Crippen LogP contribution in [0.5, 0.6) is 0 Å². The summed E-state index contributed by atoms with van der Waals surface area (Å²) in [7, 11) is 0. The summed E-state index contributed by atoms with van der Waals surface area (Å²) in [5.41, 5.74) is 0.234. The van der Waals surface area contributed by atoms with Crippen LogP contribution in [0.4, 0.5) is 0 Å². The van der Waals surface area contributed by atoms with Crippen molar-refractivity contribution >= 4 is 34.3 Å². The van der Waals surface area contributed by atoms with Crippen molar-refractivity contribution in [2.24, 2.45) is 0 Å². The lowest BCUT2D eigenvalue weighted by Gasteiger charge is -2.38. The highest BCUT2D eigenvalue weighted by Gasteiger charge is 2.41. The van der Waals surface area contributed by atoms with E-state index in [0.29, 0.717) is 18.0 Å². The van der Waals surface area contributed by atoms with Crippen molar-refractivity contribution in [3.8, 4) is 0 Å². The molecule has 22 heavy (non-hydrogen) atoms. The summed E-state index contributed by atoms with van der Waals surface area (Å²) in [6, 6.07) is 7.60. The molecule has 1 aliphatic rings. The van der Waals surface area contributed by atoms with Crippen molar-refractivity contribution in [3.63, 3.8) is 0 Å². The molecule has 0 spiro atoms.